The van der Waals surface area contributed by atoms with E-state index in [1.165, 1.54) is 6.92 Å². The number of ketones is 1. The summed E-state index contributed by atoms with van der Waals surface area (Å²) in [5, 5.41) is 0. The van der Waals surface area contributed by atoms with Crippen molar-refractivity contribution in [1.82, 2.24) is 4.90 Å². The first-order valence-electron chi connectivity index (χ1n) is 5.43. The first kappa shape index (κ1) is 13.9. The van der Waals surface area contributed by atoms with E-state index in [9.17, 15) is 18.4 Å². The van der Waals surface area contributed by atoms with Gasteiger partial charge in [0.2, 0.25) is 5.78 Å². The highest BCUT2D eigenvalue weighted by molar-refractivity contribution is 5.90. The third-order valence-electron chi connectivity index (χ3n) is 2.34. The molecule has 0 N–H and O–H groups in total. The molecule has 1 atom stereocenters. The van der Waals surface area contributed by atoms with Crippen molar-refractivity contribution in [1.29, 1.82) is 0 Å². The lowest BCUT2D eigenvalue weighted by atomic mass is 9.96. The summed E-state index contributed by atoms with van der Waals surface area (Å²) in [7, 11) is 0. The van der Waals surface area contributed by atoms with Gasteiger partial charge >= 0.3 is 12.0 Å². The van der Waals surface area contributed by atoms with Crippen molar-refractivity contribution in [3.63, 3.8) is 0 Å². The molecule has 1 heterocycles. The lowest BCUT2D eigenvalue weighted by Gasteiger charge is -2.35. The molecule has 98 valence electrons. The Morgan fingerprint density at radius 1 is 1.47 bits per heavy atom. The van der Waals surface area contributed by atoms with Crippen LogP contribution in [0.15, 0.2) is 0 Å². The molecule has 0 aromatic rings. The molecular weight excluding hydrogens is 232 g/mol. The van der Waals surface area contributed by atoms with Crippen LogP contribution < -0.4 is 0 Å². The molecule has 0 saturated carbocycles. The normalized spacial score (nSPS) is 24.7. The topological polar surface area (TPSA) is 46.6 Å². The molecule has 1 amide bonds. The van der Waals surface area contributed by atoms with Crippen LogP contribution in [0.3, 0.4) is 0 Å². The highest BCUT2D eigenvalue weighted by atomic mass is 19.3. The van der Waals surface area contributed by atoms with Gasteiger partial charge in [0.25, 0.3) is 0 Å². The molecule has 17 heavy (non-hydrogen) atoms. The van der Waals surface area contributed by atoms with Crippen LogP contribution in [0.4, 0.5) is 13.6 Å². The quantitative estimate of drug-likeness (QED) is 0.660. The Hall–Kier alpha value is -1.20. The summed E-state index contributed by atoms with van der Waals surface area (Å²) in [6.45, 7) is 5.42. The van der Waals surface area contributed by atoms with E-state index < -0.39 is 35.9 Å². The summed E-state index contributed by atoms with van der Waals surface area (Å²) in [6, 6.07) is 0. The van der Waals surface area contributed by atoms with Crippen molar-refractivity contribution in [2.24, 2.45) is 5.92 Å². The number of likely N-dealkylation sites (tertiary alicyclic amines) is 1. The number of alkyl halides is 2. The molecule has 0 aromatic carbocycles. The Balaban J connectivity index is 2.74. The maximum absolute atomic E-state index is 13.3. The lowest BCUT2D eigenvalue weighted by Crippen LogP contribution is -2.55. The number of hydrogen-bond donors (Lipinski definition) is 0. The van der Waals surface area contributed by atoms with Gasteiger partial charge < -0.3 is 9.64 Å². The van der Waals surface area contributed by atoms with Gasteiger partial charge in [0.15, 0.2) is 0 Å². The first-order chi connectivity index (χ1) is 7.53. The highest BCUT2D eigenvalue weighted by Crippen LogP contribution is 2.27. The first-order valence-corrected chi connectivity index (χ1v) is 5.43. The van der Waals surface area contributed by atoms with Crippen LogP contribution in [0.2, 0.25) is 0 Å². The molecule has 0 aliphatic carbocycles. The fourth-order valence-electron chi connectivity index (χ4n) is 1.62. The van der Waals surface area contributed by atoms with Crippen molar-refractivity contribution >= 4 is 11.9 Å². The molecule has 1 saturated heterocycles. The minimum atomic E-state index is -3.48. The van der Waals surface area contributed by atoms with Crippen molar-refractivity contribution in [2.75, 3.05) is 13.1 Å². The molecule has 1 aliphatic heterocycles. The Kier molecular flexibility index (Phi) is 3.45. The Labute approximate surface area is 98.9 Å². The zero-order valence-electron chi connectivity index (χ0n) is 10.4. The van der Waals surface area contributed by atoms with Gasteiger partial charge in [0.1, 0.15) is 5.60 Å². The second kappa shape index (κ2) is 4.23. The Morgan fingerprint density at radius 2 is 2.00 bits per heavy atom. The number of halogens is 2. The average molecular weight is 249 g/mol. The van der Waals surface area contributed by atoms with Gasteiger partial charge in [-0.2, -0.15) is 8.78 Å². The predicted octanol–water partition coefficient (Wildman–Crippen LogP) is 2.08. The van der Waals surface area contributed by atoms with E-state index in [-0.39, 0.29) is 6.54 Å². The Morgan fingerprint density at radius 3 is 2.41 bits per heavy atom. The summed E-state index contributed by atoms with van der Waals surface area (Å²) in [4.78, 5) is 23.7. The van der Waals surface area contributed by atoms with E-state index in [1.807, 2.05) is 0 Å². The van der Waals surface area contributed by atoms with Gasteiger partial charge in [-0.25, -0.2) is 4.79 Å². The van der Waals surface area contributed by atoms with E-state index in [1.54, 1.807) is 20.8 Å². The number of rotatable bonds is 0. The molecule has 1 fully saturated rings. The van der Waals surface area contributed by atoms with Crippen LogP contribution >= 0.6 is 0 Å². The molecule has 1 unspecified atom stereocenters. The largest absolute Gasteiger partial charge is 0.444 e. The van der Waals surface area contributed by atoms with E-state index in [0.717, 1.165) is 4.90 Å². The summed E-state index contributed by atoms with van der Waals surface area (Å²) in [5.41, 5.74) is -0.739. The SMILES string of the molecule is CC1CN(C(=O)OC(C)(C)C)CC(F)(F)C1=O. The van der Waals surface area contributed by atoms with Crippen LogP contribution in [0.5, 0.6) is 0 Å². The van der Waals surface area contributed by atoms with Crippen molar-refractivity contribution in [3.05, 3.63) is 0 Å². The molecule has 0 aromatic heterocycles. The van der Waals surface area contributed by atoms with Crippen LogP contribution in [0.25, 0.3) is 0 Å². The number of hydrogen-bond acceptors (Lipinski definition) is 3. The van der Waals surface area contributed by atoms with Gasteiger partial charge in [-0.3, -0.25) is 4.79 Å². The van der Waals surface area contributed by atoms with Crippen LogP contribution in [-0.2, 0) is 9.53 Å². The number of piperidine rings is 1. The summed E-state index contributed by atoms with van der Waals surface area (Å²) in [5.74, 6) is -5.46. The fourth-order valence-corrected chi connectivity index (χ4v) is 1.62. The average Bonchev–Trinajstić information content (AvgIpc) is 2.10. The number of ether oxygens (including phenoxy) is 1. The monoisotopic (exact) mass is 249 g/mol. The molecule has 1 aliphatic rings. The number of amides is 1. The summed E-state index contributed by atoms with van der Waals surface area (Å²) < 4.78 is 31.6. The molecule has 6 heteroatoms. The van der Waals surface area contributed by atoms with E-state index in [2.05, 4.69) is 0 Å². The molecule has 0 radical (unpaired) electrons. The van der Waals surface area contributed by atoms with Crippen molar-refractivity contribution in [3.8, 4) is 0 Å². The van der Waals surface area contributed by atoms with Crippen molar-refractivity contribution in [2.45, 2.75) is 39.2 Å². The minimum Gasteiger partial charge on any atom is -0.444 e. The van der Waals surface area contributed by atoms with E-state index >= 15 is 0 Å². The van der Waals surface area contributed by atoms with Crippen LogP contribution in [0, 0.1) is 5.92 Å². The van der Waals surface area contributed by atoms with Gasteiger partial charge in [-0.15, -0.1) is 0 Å². The fraction of sp³-hybridized carbons (Fsp3) is 0.818. The number of carbonyl (C=O) groups excluding carboxylic acids is 2. The number of Topliss-reactive ketones (excluding diaryl/α,β-unsaturated/α-hetero) is 1. The smallest absolute Gasteiger partial charge is 0.410 e. The van der Waals surface area contributed by atoms with E-state index in [4.69, 9.17) is 4.74 Å². The second-order valence-electron chi connectivity index (χ2n) is 5.33. The number of carbonyl (C=O) groups is 2. The van der Waals surface area contributed by atoms with Gasteiger partial charge in [-0.1, -0.05) is 6.92 Å². The molecular formula is C11H17F2NO3. The summed E-state index contributed by atoms with van der Waals surface area (Å²) >= 11 is 0. The Bertz CT molecular complexity index is 336. The second-order valence-corrected chi connectivity index (χ2v) is 5.33. The minimum absolute atomic E-state index is 0.0245. The standard InChI is InChI=1S/C11H17F2NO3/c1-7-5-14(6-11(12,13)8(7)15)9(16)17-10(2,3)4/h7H,5-6H2,1-4H3. The van der Waals surface area contributed by atoms with Gasteiger partial charge in [0.05, 0.1) is 6.54 Å². The molecule has 4 nitrogen and oxygen atoms in total. The highest BCUT2D eigenvalue weighted by Gasteiger charge is 2.49. The number of nitrogens with zero attached hydrogens (tertiary/aromatic N) is 1. The van der Waals surface area contributed by atoms with E-state index in [0.29, 0.717) is 0 Å². The van der Waals surface area contributed by atoms with Crippen LogP contribution in [-0.4, -0.2) is 41.4 Å². The zero-order valence-corrected chi connectivity index (χ0v) is 10.4. The molecule has 0 spiro atoms. The maximum Gasteiger partial charge on any atom is 0.410 e. The maximum atomic E-state index is 13.3. The molecule has 1 rings (SSSR count). The van der Waals surface area contributed by atoms with Crippen molar-refractivity contribution < 1.29 is 23.1 Å². The van der Waals surface area contributed by atoms with Crippen LogP contribution in [0.1, 0.15) is 27.7 Å². The third-order valence-corrected chi connectivity index (χ3v) is 2.34. The zero-order chi connectivity index (χ0) is 13.4. The molecule has 0 bridgehead atoms. The van der Waals surface area contributed by atoms with Gasteiger partial charge in [-0.05, 0) is 20.8 Å². The van der Waals surface area contributed by atoms with Gasteiger partial charge in [0, 0.05) is 12.5 Å². The lowest BCUT2D eigenvalue weighted by molar-refractivity contribution is -0.156. The predicted molar refractivity (Wildman–Crippen MR) is 56.9 cm³/mol. The third kappa shape index (κ3) is 3.38. The summed E-state index contributed by atoms with van der Waals surface area (Å²) in [6.07, 6.45) is -0.809.